The van der Waals surface area contributed by atoms with Gasteiger partial charge >= 0.3 is 0 Å². The summed E-state index contributed by atoms with van der Waals surface area (Å²) >= 11 is 1.30. The second-order valence-corrected chi connectivity index (χ2v) is 6.49. The van der Waals surface area contributed by atoms with Gasteiger partial charge in [-0.1, -0.05) is 32.1 Å². The number of phenols is 1. The lowest BCUT2D eigenvalue weighted by molar-refractivity contribution is 0.471. The Morgan fingerprint density at radius 2 is 2.00 bits per heavy atom. The zero-order valence-electron chi connectivity index (χ0n) is 11.3. The molecule has 2 aromatic heterocycles. The molecule has 104 valence electrons. The van der Waals surface area contributed by atoms with Crippen LogP contribution in [0.1, 0.15) is 26.6 Å². The van der Waals surface area contributed by atoms with Crippen LogP contribution in [0.15, 0.2) is 18.2 Å². The van der Waals surface area contributed by atoms with Crippen LogP contribution in [0.5, 0.6) is 5.75 Å². The first-order chi connectivity index (χ1) is 9.36. The fourth-order valence-corrected chi connectivity index (χ4v) is 2.75. The minimum absolute atomic E-state index is 0.132. The number of aromatic nitrogens is 4. The van der Waals surface area contributed by atoms with Crippen LogP contribution >= 0.6 is 11.3 Å². The van der Waals surface area contributed by atoms with Gasteiger partial charge in [-0.3, -0.25) is 0 Å². The van der Waals surface area contributed by atoms with Crippen LogP contribution in [-0.4, -0.2) is 24.9 Å². The number of benzene rings is 1. The summed E-state index contributed by atoms with van der Waals surface area (Å²) in [5.74, 6) is 0.133. The van der Waals surface area contributed by atoms with Crippen LogP contribution in [0.25, 0.3) is 15.5 Å². The lowest BCUT2D eigenvalue weighted by atomic mass is 9.96. The highest BCUT2D eigenvalue weighted by atomic mass is 32.1. The fraction of sp³-hybridized carbons (Fsp3) is 0.308. The number of nitrogens with zero attached hydrogens (tertiary/aromatic N) is 4. The van der Waals surface area contributed by atoms with E-state index in [1.54, 1.807) is 4.52 Å². The zero-order chi connectivity index (χ0) is 14.5. The van der Waals surface area contributed by atoms with Gasteiger partial charge in [0.15, 0.2) is 10.8 Å². The molecule has 3 rings (SSSR count). The summed E-state index contributed by atoms with van der Waals surface area (Å²) < 4.78 is 14.7. The molecule has 0 aliphatic rings. The molecule has 0 atom stereocenters. The van der Waals surface area contributed by atoms with E-state index in [4.69, 9.17) is 0 Å². The molecule has 0 aliphatic heterocycles. The summed E-state index contributed by atoms with van der Waals surface area (Å²) in [5, 5.41) is 23.1. The summed E-state index contributed by atoms with van der Waals surface area (Å²) in [5.41, 5.74) is 0.303. The highest BCUT2D eigenvalue weighted by molar-refractivity contribution is 7.19. The lowest BCUT2D eigenvalue weighted by Crippen LogP contribution is -2.16. The number of aromatic hydroxyl groups is 1. The normalized spacial score (nSPS) is 12.2. The maximum absolute atomic E-state index is 13.0. The van der Waals surface area contributed by atoms with Crippen molar-refractivity contribution in [1.82, 2.24) is 19.8 Å². The Morgan fingerprint density at radius 1 is 1.25 bits per heavy atom. The number of phenolic OH excluding ortho intramolecular Hbond substituents is 1. The third-order valence-electron chi connectivity index (χ3n) is 2.85. The standard InChI is InChI=1S/C13H13FN4OS/c1-13(2,3)11-15-16-12-18(11)17-10(20-12)8-5-4-7(14)6-9(8)19/h4-6,19H,1-3H3. The molecule has 0 spiro atoms. The van der Waals surface area contributed by atoms with Crippen molar-refractivity contribution in [2.24, 2.45) is 0 Å². The first-order valence-corrected chi connectivity index (χ1v) is 6.89. The smallest absolute Gasteiger partial charge is 0.235 e. The molecule has 1 aromatic carbocycles. The van der Waals surface area contributed by atoms with Crippen molar-refractivity contribution in [3.8, 4) is 16.3 Å². The van der Waals surface area contributed by atoms with Gasteiger partial charge < -0.3 is 5.11 Å². The molecule has 0 amide bonds. The first kappa shape index (κ1) is 13.0. The second kappa shape index (κ2) is 4.24. The highest BCUT2D eigenvalue weighted by Crippen LogP contribution is 2.33. The van der Waals surface area contributed by atoms with Gasteiger partial charge in [-0.05, 0) is 12.1 Å². The Labute approximate surface area is 118 Å². The molecule has 0 radical (unpaired) electrons. The number of rotatable bonds is 1. The highest BCUT2D eigenvalue weighted by Gasteiger charge is 2.24. The van der Waals surface area contributed by atoms with E-state index in [-0.39, 0.29) is 11.2 Å². The topological polar surface area (TPSA) is 63.3 Å². The quantitative estimate of drug-likeness (QED) is 0.749. The van der Waals surface area contributed by atoms with Crippen molar-refractivity contribution in [1.29, 1.82) is 0 Å². The summed E-state index contributed by atoms with van der Waals surface area (Å²) in [4.78, 5) is 0.647. The largest absolute Gasteiger partial charge is 0.507 e. The zero-order valence-corrected chi connectivity index (χ0v) is 12.1. The van der Waals surface area contributed by atoms with E-state index in [0.29, 0.717) is 15.5 Å². The van der Waals surface area contributed by atoms with Crippen LogP contribution in [0.4, 0.5) is 4.39 Å². The predicted molar refractivity (Wildman–Crippen MR) is 74.4 cm³/mol. The van der Waals surface area contributed by atoms with Crippen molar-refractivity contribution in [2.45, 2.75) is 26.2 Å². The van der Waals surface area contributed by atoms with Gasteiger partial charge in [-0.2, -0.15) is 9.61 Å². The van der Waals surface area contributed by atoms with Crippen molar-refractivity contribution >= 4 is 16.3 Å². The molecule has 2 heterocycles. The van der Waals surface area contributed by atoms with Crippen LogP contribution in [0.2, 0.25) is 0 Å². The van der Waals surface area contributed by atoms with Crippen LogP contribution < -0.4 is 0 Å². The van der Waals surface area contributed by atoms with E-state index in [0.717, 1.165) is 11.9 Å². The van der Waals surface area contributed by atoms with Crippen molar-refractivity contribution < 1.29 is 9.50 Å². The molecule has 0 aliphatic carbocycles. The lowest BCUT2D eigenvalue weighted by Gasteiger charge is -2.13. The monoisotopic (exact) mass is 292 g/mol. The molecule has 0 bridgehead atoms. The maximum Gasteiger partial charge on any atom is 0.235 e. The van der Waals surface area contributed by atoms with Crippen LogP contribution in [0, 0.1) is 5.82 Å². The van der Waals surface area contributed by atoms with E-state index in [2.05, 4.69) is 15.3 Å². The Bertz CT molecular complexity index is 787. The van der Waals surface area contributed by atoms with Crippen molar-refractivity contribution in [3.05, 3.63) is 29.8 Å². The maximum atomic E-state index is 13.0. The van der Waals surface area contributed by atoms with Gasteiger partial charge in [0, 0.05) is 11.5 Å². The summed E-state index contributed by atoms with van der Waals surface area (Å²) in [6.45, 7) is 6.08. The number of fused-ring (bicyclic) bond motifs is 1. The van der Waals surface area contributed by atoms with Gasteiger partial charge in [0.2, 0.25) is 4.96 Å². The molecule has 5 nitrogen and oxygen atoms in total. The van der Waals surface area contributed by atoms with Gasteiger partial charge in [-0.25, -0.2) is 4.39 Å². The van der Waals surface area contributed by atoms with E-state index in [1.807, 2.05) is 20.8 Å². The number of hydrogen-bond acceptors (Lipinski definition) is 5. The van der Waals surface area contributed by atoms with Crippen molar-refractivity contribution in [3.63, 3.8) is 0 Å². The molecule has 3 aromatic rings. The number of hydrogen-bond donors (Lipinski definition) is 1. The first-order valence-electron chi connectivity index (χ1n) is 6.08. The average Bonchev–Trinajstić information content (AvgIpc) is 2.86. The van der Waals surface area contributed by atoms with Gasteiger partial charge in [-0.15, -0.1) is 10.2 Å². The van der Waals surface area contributed by atoms with Gasteiger partial charge in [0.25, 0.3) is 0 Å². The molecule has 0 unspecified atom stereocenters. The predicted octanol–water partition coefficient (Wildman–Crippen LogP) is 3.00. The van der Waals surface area contributed by atoms with Crippen LogP contribution in [-0.2, 0) is 5.41 Å². The Morgan fingerprint density at radius 3 is 2.65 bits per heavy atom. The third-order valence-corrected chi connectivity index (χ3v) is 3.78. The van der Waals surface area contributed by atoms with Gasteiger partial charge in [0.1, 0.15) is 11.6 Å². The molecule has 7 heteroatoms. The second-order valence-electron chi connectivity index (χ2n) is 5.54. The van der Waals surface area contributed by atoms with E-state index < -0.39 is 5.82 Å². The van der Waals surface area contributed by atoms with Gasteiger partial charge in [0.05, 0.1) is 5.56 Å². The van der Waals surface area contributed by atoms with E-state index in [1.165, 1.54) is 23.5 Å². The van der Waals surface area contributed by atoms with E-state index >= 15 is 0 Å². The number of halogens is 1. The molecule has 0 fully saturated rings. The Kier molecular flexibility index (Phi) is 2.75. The molecular formula is C13H13FN4OS. The van der Waals surface area contributed by atoms with E-state index in [9.17, 15) is 9.50 Å². The van der Waals surface area contributed by atoms with Crippen LogP contribution in [0.3, 0.4) is 0 Å². The Balaban J connectivity index is 2.16. The Hall–Kier alpha value is -2.02. The molecule has 0 saturated carbocycles. The third kappa shape index (κ3) is 2.03. The molecule has 0 saturated heterocycles. The minimum atomic E-state index is -0.482. The minimum Gasteiger partial charge on any atom is -0.507 e. The summed E-state index contributed by atoms with van der Waals surface area (Å²) in [7, 11) is 0. The molecule has 20 heavy (non-hydrogen) atoms. The SMILES string of the molecule is CC(C)(C)c1nnc2sc(-c3ccc(F)cc3O)nn12. The fourth-order valence-electron chi connectivity index (χ4n) is 1.88. The molecular weight excluding hydrogens is 279 g/mol. The average molecular weight is 292 g/mol. The summed E-state index contributed by atoms with van der Waals surface area (Å²) in [6.07, 6.45) is 0. The van der Waals surface area contributed by atoms with Crippen molar-refractivity contribution in [2.75, 3.05) is 0 Å². The summed E-state index contributed by atoms with van der Waals surface area (Å²) in [6, 6.07) is 3.87. The molecule has 1 N–H and O–H groups in total.